The van der Waals surface area contributed by atoms with Crippen molar-refractivity contribution in [1.82, 2.24) is 24.3 Å². The quantitative estimate of drug-likeness (QED) is 0.239. The topological polar surface area (TPSA) is 123 Å². The van der Waals surface area contributed by atoms with Gasteiger partial charge in [0.05, 0.1) is 18.5 Å². The molecule has 5 rings (SSSR count). The van der Waals surface area contributed by atoms with Gasteiger partial charge in [-0.15, -0.1) is 0 Å². The van der Waals surface area contributed by atoms with Gasteiger partial charge in [-0.25, -0.2) is 13.8 Å². The van der Waals surface area contributed by atoms with Crippen LogP contribution in [0.3, 0.4) is 0 Å². The van der Waals surface area contributed by atoms with Gasteiger partial charge in [-0.3, -0.25) is 19.1 Å². The molecule has 2 aromatic carbocycles. The fraction of sp³-hybridized carbons (Fsp3) is 0.290. The Hall–Kier alpha value is -5.08. The Kier molecular flexibility index (Phi) is 9.54. The molecule has 0 aliphatic carbocycles. The molecule has 1 aliphatic rings. The molecular formula is C31H33F2N7O5. The summed E-state index contributed by atoms with van der Waals surface area (Å²) < 4.78 is 45.8. The van der Waals surface area contributed by atoms with Crippen LogP contribution in [-0.4, -0.2) is 83.7 Å². The minimum absolute atomic E-state index is 0.124. The summed E-state index contributed by atoms with van der Waals surface area (Å²) in [5.41, 5.74) is 0.456. The number of pyridine rings is 1. The van der Waals surface area contributed by atoms with Gasteiger partial charge < -0.3 is 29.7 Å². The Morgan fingerprint density at radius 3 is 2.51 bits per heavy atom. The van der Waals surface area contributed by atoms with E-state index in [0.29, 0.717) is 40.9 Å². The highest BCUT2D eigenvalue weighted by Crippen LogP contribution is 2.38. The Labute approximate surface area is 257 Å². The number of hydrogen-bond donors (Lipinski definition) is 2. The highest BCUT2D eigenvalue weighted by atomic mass is 19.1. The van der Waals surface area contributed by atoms with Crippen molar-refractivity contribution in [3.05, 3.63) is 77.2 Å². The number of carbonyl (C=O) groups excluding carboxylic acids is 1. The largest absolute Gasteiger partial charge is 0.494 e. The molecule has 2 aromatic heterocycles. The zero-order valence-electron chi connectivity index (χ0n) is 25.1. The summed E-state index contributed by atoms with van der Waals surface area (Å²) in [7, 11) is 5.07. The number of anilines is 3. The highest BCUT2D eigenvalue weighted by molar-refractivity contribution is 6.00. The zero-order chi connectivity index (χ0) is 32.1. The number of rotatable bonds is 11. The van der Waals surface area contributed by atoms with Gasteiger partial charge in [0.1, 0.15) is 29.6 Å². The van der Waals surface area contributed by atoms with Gasteiger partial charge >= 0.3 is 0 Å². The first-order valence-electron chi connectivity index (χ1n) is 14.1. The molecule has 1 amide bonds. The van der Waals surface area contributed by atoms with Crippen molar-refractivity contribution in [2.75, 3.05) is 64.1 Å². The third-order valence-corrected chi connectivity index (χ3v) is 7.28. The third-order valence-electron chi connectivity index (χ3n) is 7.28. The van der Waals surface area contributed by atoms with Crippen molar-refractivity contribution < 1.29 is 27.8 Å². The number of halogens is 2. The number of nitrogens with one attached hydrogen (secondary N) is 2. The molecule has 45 heavy (non-hydrogen) atoms. The van der Waals surface area contributed by atoms with Crippen LogP contribution < -0.4 is 30.4 Å². The summed E-state index contributed by atoms with van der Waals surface area (Å²) in [5.74, 6) is -1.70. The predicted octanol–water partition coefficient (Wildman–Crippen LogP) is 3.90. The SMILES string of the molecule is C=CC(=O)Nc1cc(Nc2ncc3cc(Oc4ccc(F)cc4F)c(=O)n(C)c3n2)c(OC)cc1OCCN1CCN(C)CC1. The number of benzene rings is 2. The number of aryl methyl sites for hydroxylation is 1. The van der Waals surface area contributed by atoms with Gasteiger partial charge in [0, 0.05) is 63.5 Å². The summed E-state index contributed by atoms with van der Waals surface area (Å²) in [6.45, 7) is 8.53. The molecule has 0 unspecified atom stereocenters. The summed E-state index contributed by atoms with van der Waals surface area (Å²) >= 11 is 0. The number of aromatic nitrogens is 3. The number of hydrogen-bond acceptors (Lipinski definition) is 10. The van der Waals surface area contributed by atoms with Crippen LogP contribution in [0.4, 0.5) is 26.1 Å². The molecule has 0 atom stereocenters. The molecule has 1 aliphatic heterocycles. The van der Waals surface area contributed by atoms with Crippen LogP contribution in [0, 0.1) is 11.6 Å². The average molecular weight is 622 g/mol. The summed E-state index contributed by atoms with van der Waals surface area (Å²) in [4.78, 5) is 38.7. The van der Waals surface area contributed by atoms with Gasteiger partial charge in [-0.05, 0) is 37.4 Å². The fourth-order valence-corrected chi connectivity index (χ4v) is 4.73. The first kappa shape index (κ1) is 31.3. The number of carbonyl (C=O) groups is 1. The molecule has 0 saturated carbocycles. The summed E-state index contributed by atoms with van der Waals surface area (Å²) in [6, 6.07) is 7.45. The Morgan fingerprint density at radius 1 is 1.02 bits per heavy atom. The number of nitrogens with zero attached hydrogens (tertiary/aromatic N) is 5. The lowest BCUT2D eigenvalue weighted by Crippen LogP contribution is -2.45. The van der Waals surface area contributed by atoms with Crippen LogP contribution >= 0.6 is 0 Å². The predicted molar refractivity (Wildman–Crippen MR) is 166 cm³/mol. The van der Waals surface area contributed by atoms with Gasteiger partial charge in [-0.1, -0.05) is 6.58 Å². The van der Waals surface area contributed by atoms with Crippen LogP contribution in [0.2, 0.25) is 0 Å². The maximum atomic E-state index is 14.1. The first-order valence-corrected chi connectivity index (χ1v) is 14.1. The lowest BCUT2D eigenvalue weighted by atomic mass is 10.2. The minimum atomic E-state index is -0.947. The second kappa shape index (κ2) is 13.7. The van der Waals surface area contributed by atoms with Crippen LogP contribution in [0.1, 0.15) is 0 Å². The van der Waals surface area contributed by atoms with Gasteiger partial charge in [-0.2, -0.15) is 4.98 Å². The van der Waals surface area contributed by atoms with E-state index < -0.39 is 23.1 Å². The first-order chi connectivity index (χ1) is 21.6. The average Bonchev–Trinajstić information content (AvgIpc) is 3.03. The van der Waals surface area contributed by atoms with E-state index in [-0.39, 0.29) is 23.1 Å². The summed E-state index contributed by atoms with van der Waals surface area (Å²) in [5, 5.41) is 6.27. The van der Waals surface area contributed by atoms with E-state index in [1.165, 1.54) is 31.0 Å². The molecular weight excluding hydrogens is 588 g/mol. The number of methoxy groups -OCH3 is 1. The zero-order valence-corrected chi connectivity index (χ0v) is 25.1. The van der Waals surface area contributed by atoms with Crippen molar-refractivity contribution in [2.24, 2.45) is 7.05 Å². The molecule has 0 spiro atoms. The second-order valence-electron chi connectivity index (χ2n) is 10.4. The van der Waals surface area contributed by atoms with Crippen molar-refractivity contribution in [3.8, 4) is 23.0 Å². The molecule has 0 radical (unpaired) electrons. The number of fused-ring (bicyclic) bond motifs is 1. The van der Waals surface area contributed by atoms with Crippen LogP contribution in [-0.2, 0) is 11.8 Å². The monoisotopic (exact) mass is 621 g/mol. The number of piperazine rings is 1. The maximum absolute atomic E-state index is 14.1. The molecule has 12 nitrogen and oxygen atoms in total. The normalized spacial score (nSPS) is 13.8. The molecule has 2 N–H and O–H groups in total. The van der Waals surface area contributed by atoms with Crippen molar-refractivity contribution in [3.63, 3.8) is 0 Å². The Balaban J connectivity index is 1.39. The third kappa shape index (κ3) is 7.36. The van der Waals surface area contributed by atoms with E-state index in [2.05, 4.69) is 44.0 Å². The van der Waals surface area contributed by atoms with Gasteiger partial charge in [0.15, 0.2) is 17.3 Å². The molecule has 14 heteroatoms. The Bertz CT molecular complexity index is 1790. The number of likely N-dealkylation sites (N-methyl/N-ethyl adjacent to an activating group) is 1. The highest BCUT2D eigenvalue weighted by Gasteiger charge is 2.18. The van der Waals surface area contributed by atoms with E-state index >= 15 is 0 Å². The molecule has 236 valence electrons. The molecule has 1 saturated heterocycles. The van der Waals surface area contributed by atoms with Crippen LogP contribution in [0.5, 0.6) is 23.0 Å². The van der Waals surface area contributed by atoms with Crippen LogP contribution in [0.15, 0.2) is 60.0 Å². The lowest BCUT2D eigenvalue weighted by Gasteiger charge is -2.32. The van der Waals surface area contributed by atoms with E-state index in [1.54, 1.807) is 12.1 Å². The molecule has 0 bridgehead atoms. The van der Waals surface area contributed by atoms with Gasteiger partial charge in [0.2, 0.25) is 11.9 Å². The van der Waals surface area contributed by atoms with Crippen LogP contribution in [0.25, 0.3) is 11.0 Å². The Morgan fingerprint density at radius 2 is 1.80 bits per heavy atom. The van der Waals surface area contributed by atoms with E-state index in [1.807, 2.05) is 0 Å². The van der Waals surface area contributed by atoms with Crippen molar-refractivity contribution in [1.29, 1.82) is 0 Å². The van der Waals surface area contributed by atoms with E-state index in [9.17, 15) is 18.4 Å². The number of ether oxygens (including phenoxy) is 3. The fourth-order valence-electron chi connectivity index (χ4n) is 4.73. The smallest absolute Gasteiger partial charge is 0.294 e. The second-order valence-corrected chi connectivity index (χ2v) is 10.4. The van der Waals surface area contributed by atoms with E-state index in [0.717, 1.165) is 50.9 Å². The summed E-state index contributed by atoms with van der Waals surface area (Å²) in [6.07, 6.45) is 2.61. The minimum Gasteiger partial charge on any atom is -0.494 e. The molecule has 1 fully saturated rings. The standard InChI is InChI=1S/C31H33F2N7O5/c1-5-28(41)35-23-16-22(25(43-4)17-26(23)44-13-12-40-10-8-38(2)9-11-40)36-31-34-18-19-14-27(30(42)39(3)29(19)37-31)45-24-7-6-20(32)15-21(24)33/h5-7,14-18H,1,8-13H2,2-4H3,(H,35,41)(H,34,36,37). The molecule has 3 heterocycles. The van der Waals surface area contributed by atoms with Crippen molar-refractivity contribution in [2.45, 2.75) is 0 Å². The maximum Gasteiger partial charge on any atom is 0.294 e. The van der Waals surface area contributed by atoms with E-state index in [4.69, 9.17) is 14.2 Å². The van der Waals surface area contributed by atoms with Crippen molar-refractivity contribution >= 4 is 34.3 Å². The molecule has 4 aromatic rings. The number of amides is 1. The lowest BCUT2D eigenvalue weighted by molar-refractivity contribution is -0.111. The van der Waals surface area contributed by atoms with Gasteiger partial charge in [0.25, 0.3) is 5.56 Å².